The molecule has 0 spiro atoms. The van der Waals surface area contributed by atoms with E-state index >= 15 is 0 Å². The maximum Gasteiger partial charge on any atom is 0.245 e. The lowest BCUT2D eigenvalue weighted by molar-refractivity contribution is -0.114. The topological polar surface area (TPSA) is 66.5 Å². The van der Waals surface area contributed by atoms with E-state index in [1.807, 2.05) is 0 Å². The molecule has 1 amide bonds. The van der Waals surface area contributed by atoms with Gasteiger partial charge in [-0.05, 0) is 42.5 Å². The molecule has 1 N–H and O–H groups in total. The van der Waals surface area contributed by atoms with Crippen molar-refractivity contribution in [2.45, 2.75) is 0 Å². The van der Waals surface area contributed by atoms with Crippen molar-refractivity contribution in [3.05, 3.63) is 57.0 Å². The summed E-state index contributed by atoms with van der Waals surface area (Å²) in [5, 5.41) is 3.28. The largest absolute Gasteiger partial charge is 0.323 e. The van der Waals surface area contributed by atoms with Crippen molar-refractivity contribution < 1.29 is 13.2 Å². The normalized spacial score (nSPS) is 11.2. The zero-order chi connectivity index (χ0) is 17.9. The van der Waals surface area contributed by atoms with Gasteiger partial charge in [-0.3, -0.25) is 9.10 Å². The van der Waals surface area contributed by atoms with Crippen LogP contribution in [0.4, 0.5) is 11.4 Å². The number of halogens is 3. The fourth-order valence-corrected chi connectivity index (χ4v) is 3.38. The Bertz CT molecular complexity index is 858. The van der Waals surface area contributed by atoms with Crippen molar-refractivity contribution in [3.63, 3.8) is 0 Å². The first-order valence-corrected chi connectivity index (χ1v) is 10.0. The van der Waals surface area contributed by atoms with Crippen LogP contribution in [-0.4, -0.2) is 27.1 Å². The second-order valence-electron chi connectivity index (χ2n) is 4.92. The predicted octanol–water partition coefficient (Wildman–Crippen LogP) is 4.16. The van der Waals surface area contributed by atoms with Gasteiger partial charge < -0.3 is 5.32 Å². The van der Waals surface area contributed by atoms with Crippen molar-refractivity contribution >= 4 is 66.4 Å². The number of carbonyl (C=O) groups excluding carboxylic acids is 1. The van der Waals surface area contributed by atoms with E-state index in [0.717, 1.165) is 15.0 Å². The van der Waals surface area contributed by atoms with E-state index in [2.05, 4.69) is 21.2 Å². The number of nitrogens with zero attached hydrogens (tertiary/aromatic N) is 1. The van der Waals surface area contributed by atoms with E-state index in [4.69, 9.17) is 23.2 Å². The van der Waals surface area contributed by atoms with Crippen molar-refractivity contribution in [2.24, 2.45) is 0 Å². The first kappa shape index (κ1) is 19.1. The van der Waals surface area contributed by atoms with Crippen LogP contribution < -0.4 is 9.62 Å². The molecule has 9 heteroatoms. The van der Waals surface area contributed by atoms with Gasteiger partial charge in [0.25, 0.3) is 0 Å². The summed E-state index contributed by atoms with van der Waals surface area (Å²) < 4.78 is 25.8. The first-order valence-electron chi connectivity index (χ1n) is 6.65. The van der Waals surface area contributed by atoms with Crippen LogP contribution >= 0.6 is 39.1 Å². The highest BCUT2D eigenvalue weighted by Crippen LogP contribution is 2.26. The number of benzene rings is 2. The Morgan fingerprint density at radius 1 is 1.17 bits per heavy atom. The molecule has 0 saturated carbocycles. The lowest BCUT2D eigenvalue weighted by Gasteiger charge is -2.22. The van der Waals surface area contributed by atoms with Gasteiger partial charge in [-0.25, -0.2) is 8.42 Å². The summed E-state index contributed by atoms with van der Waals surface area (Å²) >= 11 is 15.1. The minimum absolute atomic E-state index is 0.308. The third kappa shape index (κ3) is 5.11. The average molecular weight is 452 g/mol. The van der Waals surface area contributed by atoms with E-state index in [-0.39, 0.29) is 6.54 Å². The van der Waals surface area contributed by atoms with Gasteiger partial charge in [-0.2, -0.15) is 0 Å². The van der Waals surface area contributed by atoms with Crippen molar-refractivity contribution in [3.8, 4) is 0 Å². The molecule has 0 saturated heterocycles. The van der Waals surface area contributed by atoms with Crippen LogP contribution in [0.5, 0.6) is 0 Å². The molecule has 0 aromatic heterocycles. The molecule has 0 unspecified atom stereocenters. The van der Waals surface area contributed by atoms with Gasteiger partial charge in [0.15, 0.2) is 0 Å². The number of hydrogen-bond acceptors (Lipinski definition) is 3. The zero-order valence-electron chi connectivity index (χ0n) is 12.5. The van der Waals surface area contributed by atoms with Gasteiger partial charge in [0.1, 0.15) is 6.54 Å². The maximum absolute atomic E-state index is 12.2. The van der Waals surface area contributed by atoms with Crippen molar-refractivity contribution in [1.29, 1.82) is 0 Å². The summed E-state index contributed by atoms with van der Waals surface area (Å²) in [6.07, 6.45) is 1.04. The molecule has 0 aliphatic carbocycles. The minimum atomic E-state index is -3.64. The Labute approximate surface area is 158 Å². The van der Waals surface area contributed by atoms with Crippen LogP contribution in [0.15, 0.2) is 46.9 Å². The second-order valence-corrected chi connectivity index (χ2v) is 8.58. The molecule has 2 aromatic carbocycles. The minimum Gasteiger partial charge on any atom is -0.323 e. The molecular weight excluding hydrogens is 439 g/mol. The van der Waals surface area contributed by atoms with Crippen LogP contribution in [0.3, 0.4) is 0 Å². The predicted molar refractivity (Wildman–Crippen MR) is 101 cm³/mol. The molecule has 0 fully saturated rings. The lowest BCUT2D eigenvalue weighted by Crippen LogP contribution is -2.37. The van der Waals surface area contributed by atoms with Gasteiger partial charge in [-0.15, -0.1) is 0 Å². The summed E-state index contributed by atoms with van der Waals surface area (Å²) in [4.78, 5) is 12.2. The van der Waals surface area contributed by atoms with Crippen LogP contribution in [0.25, 0.3) is 0 Å². The van der Waals surface area contributed by atoms with Crippen LogP contribution in [-0.2, 0) is 14.8 Å². The molecule has 2 aromatic rings. The van der Waals surface area contributed by atoms with Gasteiger partial charge in [0.05, 0.1) is 22.7 Å². The monoisotopic (exact) mass is 450 g/mol. The Kier molecular flexibility index (Phi) is 6.14. The molecule has 24 heavy (non-hydrogen) atoms. The molecule has 128 valence electrons. The van der Waals surface area contributed by atoms with E-state index in [0.29, 0.717) is 21.4 Å². The highest BCUT2D eigenvalue weighted by atomic mass is 79.9. The van der Waals surface area contributed by atoms with Crippen LogP contribution in [0.2, 0.25) is 10.0 Å². The smallest absolute Gasteiger partial charge is 0.245 e. The molecule has 2 rings (SSSR count). The SMILES string of the molecule is CS(=O)(=O)N(CC(=O)Nc1cc(Cl)ccc1Cl)c1ccc(Br)cc1. The third-order valence-corrected chi connectivity index (χ3v) is 5.24. The molecule has 0 atom stereocenters. The Morgan fingerprint density at radius 3 is 2.38 bits per heavy atom. The number of nitrogens with one attached hydrogen (secondary N) is 1. The third-order valence-electron chi connectivity index (χ3n) is 3.00. The van der Waals surface area contributed by atoms with E-state index in [1.165, 1.54) is 6.07 Å². The molecular formula is C15H13BrCl2N2O3S. The molecule has 0 heterocycles. The quantitative estimate of drug-likeness (QED) is 0.741. The summed E-state index contributed by atoms with van der Waals surface area (Å²) in [6, 6.07) is 11.2. The van der Waals surface area contributed by atoms with E-state index in [1.54, 1.807) is 36.4 Å². The summed E-state index contributed by atoms with van der Waals surface area (Å²) in [5.41, 5.74) is 0.700. The van der Waals surface area contributed by atoms with Gasteiger partial charge in [0, 0.05) is 9.50 Å². The number of hydrogen-bond donors (Lipinski definition) is 1. The van der Waals surface area contributed by atoms with Crippen molar-refractivity contribution in [2.75, 3.05) is 22.4 Å². The molecule has 0 bridgehead atoms. The fraction of sp³-hybridized carbons (Fsp3) is 0.133. The summed E-state index contributed by atoms with van der Waals surface area (Å²) in [5.74, 6) is -0.535. The highest BCUT2D eigenvalue weighted by molar-refractivity contribution is 9.10. The number of amides is 1. The van der Waals surface area contributed by atoms with Gasteiger partial charge >= 0.3 is 0 Å². The Balaban J connectivity index is 2.22. The van der Waals surface area contributed by atoms with Crippen LogP contribution in [0, 0.1) is 0 Å². The lowest BCUT2D eigenvalue weighted by atomic mass is 10.3. The van der Waals surface area contributed by atoms with Crippen molar-refractivity contribution in [1.82, 2.24) is 0 Å². The van der Waals surface area contributed by atoms with E-state index in [9.17, 15) is 13.2 Å². The highest BCUT2D eigenvalue weighted by Gasteiger charge is 2.21. The number of sulfonamides is 1. The van der Waals surface area contributed by atoms with Crippen LogP contribution in [0.1, 0.15) is 0 Å². The maximum atomic E-state index is 12.2. The molecule has 0 aliphatic heterocycles. The fourth-order valence-electron chi connectivity index (χ4n) is 1.92. The molecule has 5 nitrogen and oxygen atoms in total. The first-order chi connectivity index (χ1) is 11.2. The van der Waals surface area contributed by atoms with Gasteiger partial charge in [0.2, 0.25) is 15.9 Å². The Morgan fingerprint density at radius 2 is 1.79 bits per heavy atom. The second kappa shape index (κ2) is 7.74. The number of anilines is 2. The zero-order valence-corrected chi connectivity index (χ0v) is 16.4. The summed E-state index contributed by atoms with van der Waals surface area (Å²) in [6.45, 7) is -0.386. The number of carbonyl (C=O) groups is 1. The van der Waals surface area contributed by atoms with Gasteiger partial charge in [-0.1, -0.05) is 39.1 Å². The molecule has 0 radical (unpaired) electrons. The number of rotatable bonds is 5. The van der Waals surface area contributed by atoms with E-state index < -0.39 is 15.9 Å². The average Bonchev–Trinajstić information content (AvgIpc) is 2.48. The summed E-state index contributed by atoms with van der Waals surface area (Å²) in [7, 11) is -3.64. The standard InChI is InChI=1S/C15H13BrCl2N2O3S/c1-24(22,23)20(12-5-2-10(16)3-6-12)9-15(21)19-14-8-11(17)4-7-13(14)18/h2-8H,9H2,1H3,(H,19,21). The Hall–Kier alpha value is -1.28. The molecule has 0 aliphatic rings.